The number of benzene rings is 2. The Morgan fingerprint density at radius 2 is 1.97 bits per heavy atom. The third-order valence-electron chi connectivity index (χ3n) is 5.52. The van der Waals surface area contributed by atoms with Crippen LogP contribution in [-0.2, 0) is 19.6 Å². The molecule has 1 fully saturated rings. The van der Waals surface area contributed by atoms with Gasteiger partial charge >= 0.3 is 5.97 Å². The molecule has 1 saturated heterocycles. The number of hydrogen-bond acceptors (Lipinski definition) is 7. The Morgan fingerprint density at radius 1 is 1.23 bits per heavy atom. The first-order valence-electron chi connectivity index (χ1n) is 9.76. The molecule has 0 radical (unpaired) electrons. The molecule has 166 valence electrons. The van der Waals surface area contributed by atoms with Crippen LogP contribution in [0.3, 0.4) is 0 Å². The van der Waals surface area contributed by atoms with Crippen LogP contribution in [0.5, 0.6) is 11.5 Å². The Hall–Kier alpha value is -2.82. The van der Waals surface area contributed by atoms with E-state index in [9.17, 15) is 18.3 Å². The maximum atomic E-state index is 12.8. The first kappa shape index (κ1) is 21.4. The van der Waals surface area contributed by atoms with E-state index in [1.54, 1.807) is 30.3 Å². The average Bonchev–Trinajstić information content (AvgIpc) is 3.10. The first-order valence-corrected chi connectivity index (χ1v) is 11.2. The third-order valence-corrected chi connectivity index (χ3v) is 6.92. The number of nitrogens with one attached hydrogen (secondary N) is 1. The average molecular weight is 449 g/mol. The van der Waals surface area contributed by atoms with Crippen molar-refractivity contribution < 1.29 is 37.6 Å². The van der Waals surface area contributed by atoms with Crippen LogP contribution in [-0.4, -0.2) is 56.6 Å². The molecule has 10 heteroatoms. The fourth-order valence-electron chi connectivity index (χ4n) is 4.12. The number of carboxylic acids is 1. The van der Waals surface area contributed by atoms with Gasteiger partial charge in [0.25, 0.3) is 10.0 Å². The molecule has 2 heterocycles. The topological polar surface area (TPSA) is 131 Å². The van der Waals surface area contributed by atoms with Crippen molar-refractivity contribution in [2.24, 2.45) is 0 Å². The SMILES string of the molecule is COc1ccc(S(=O)(=O)Nc2ccc3c(c2)[C@H]2C[C@@H](CC(=O)O)O[C@@H](CO)[C@H]2O3)cc1. The van der Waals surface area contributed by atoms with Crippen molar-refractivity contribution in [3.8, 4) is 11.5 Å². The highest BCUT2D eigenvalue weighted by Crippen LogP contribution is 2.47. The zero-order valence-corrected chi connectivity index (χ0v) is 17.5. The number of ether oxygens (including phenoxy) is 3. The Labute approximate surface area is 179 Å². The zero-order valence-electron chi connectivity index (χ0n) is 16.7. The van der Waals surface area contributed by atoms with Gasteiger partial charge in [0.05, 0.1) is 31.1 Å². The number of sulfonamides is 1. The van der Waals surface area contributed by atoms with Gasteiger partial charge < -0.3 is 24.4 Å². The molecule has 0 aliphatic carbocycles. The highest BCUT2D eigenvalue weighted by molar-refractivity contribution is 7.92. The quantitative estimate of drug-likeness (QED) is 0.585. The van der Waals surface area contributed by atoms with Crippen LogP contribution in [0.1, 0.15) is 24.3 Å². The Balaban J connectivity index is 1.58. The second-order valence-corrected chi connectivity index (χ2v) is 9.22. The van der Waals surface area contributed by atoms with Gasteiger partial charge in [-0.1, -0.05) is 0 Å². The minimum absolute atomic E-state index is 0.0934. The molecule has 0 amide bonds. The summed E-state index contributed by atoms with van der Waals surface area (Å²) in [6.07, 6.45) is -1.47. The normalized spacial score (nSPS) is 24.6. The molecule has 2 aromatic carbocycles. The van der Waals surface area contributed by atoms with Gasteiger partial charge in [-0.2, -0.15) is 0 Å². The van der Waals surface area contributed by atoms with Gasteiger partial charge in [0.2, 0.25) is 0 Å². The fraction of sp³-hybridized carbons (Fsp3) is 0.381. The van der Waals surface area contributed by atoms with Gasteiger partial charge in [0.1, 0.15) is 23.7 Å². The van der Waals surface area contributed by atoms with E-state index in [0.717, 1.165) is 5.56 Å². The lowest BCUT2D eigenvalue weighted by molar-refractivity contribution is -0.153. The molecule has 0 saturated carbocycles. The van der Waals surface area contributed by atoms with Crippen molar-refractivity contribution in [3.05, 3.63) is 48.0 Å². The smallest absolute Gasteiger partial charge is 0.305 e. The minimum atomic E-state index is -3.82. The molecule has 2 aromatic rings. The summed E-state index contributed by atoms with van der Waals surface area (Å²) in [6.45, 7) is -0.303. The molecule has 4 atom stereocenters. The van der Waals surface area contributed by atoms with Gasteiger partial charge in [-0.3, -0.25) is 9.52 Å². The number of carboxylic acid groups (broad SMARTS) is 1. The summed E-state index contributed by atoms with van der Waals surface area (Å²) in [5, 5.41) is 18.8. The maximum absolute atomic E-state index is 12.8. The third kappa shape index (κ3) is 4.32. The number of carbonyl (C=O) groups is 1. The highest BCUT2D eigenvalue weighted by atomic mass is 32.2. The second kappa shape index (κ2) is 8.37. The summed E-state index contributed by atoms with van der Waals surface area (Å²) in [4.78, 5) is 11.2. The first-order chi connectivity index (χ1) is 14.8. The molecule has 9 nitrogen and oxygen atoms in total. The number of fused-ring (bicyclic) bond motifs is 3. The number of aliphatic hydroxyl groups excluding tert-OH is 1. The maximum Gasteiger partial charge on any atom is 0.305 e. The largest absolute Gasteiger partial charge is 0.497 e. The molecule has 4 rings (SSSR count). The molecule has 31 heavy (non-hydrogen) atoms. The van der Waals surface area contributed by atoms with E-state index >= 15 is 0 Å². The number of aliphatic carboxylic acids is 1. The molecule has 2 aliphatic rings. The predicted octanol–water partition coefficient (Wildman–Crippen LogP) is 1.97. The van der Waals surface area contributed by atoms with Crippen LogP contribution in [0.15, 0.2) is 47.4 Å². The van der Waals surface area contributed by atoms with Crippen LogP contribution in [0.2, 0.25) is 0 Å². The molecule has 2 aliphatic heterocycles. The number of hydrogen-bond donors (Lipinski definition) is 3. The monoisotopic (exact) mass is 449 g/mol. The molecule has 0 bridgehead atoms. The van der Waals surface area contributed by atoms with Crippen molar-refractivity contribution in [2.45, 2.75) is 42.0 Å². The minimum Gasteiger partial charge on any atom is -0.497 e. The lowest BCUT2D eigenvalue weighted by Gasteiger charge is -2.36. The van der Waals surface area contributed by atoms with Crippen molar-refractivity contribution in [2.75, 3.05) is 18.4 Å². The van der Waals surface area contributed by atoms with E-state index in [-0.39, 0.29) is 23.8 Å². The van der Waals surface area contributed by atoms with Crippen LogP contribution < -0.4 is 14.2 Å². The molecule has 0 spiro atoms. The van der Waals surface area contributed by atoms with E-state index in [2.05, 4.69) is 4.72 Å². The summed E-state index contributed by atoms with van der Waals surface area (Å²) >= 11 is 0. The van der Waals surface area contributed by atoms with Crippen molar-refractivity contribution >= 4 is 21.7 Å². The summed E-state index contributed by atoms with van der Waals surface area (Å²) in [6, 6.07) is 11.0. The van der Waals surface area contributed by atoms with Crippen molar-refractivity contribution in [3.63, 3.8) is 0 Å². The van der Waals surface area contributed by atoms with E-state index in [0.29, 0.717) is 23.6 Å². The van der Waals surface area contributed by atoms with Crippen molar-refractivity contribution in [1.82, 2.24) is 0 Å². The van der Waals surface area contributed by atoms with Gasteiger partial charge in [-0.05, 0) is 48.9 Å². The number of rotatable bonds is 7. The summed E-state index contributed by atoms with van der Waals surface area (Å²) < 4.78 is 44.8. The Morgan fingerprint density at radius 3 is 2.61 bits per heavy atom. The van der Waals surface area contributed by atoms with E-state index in [1.165, 1.54) is 19.2 Å². The zero-order chi connectivity index (χ0) is 22.2. The highest BCUT2D eigenvalue weighted by Gasteiger charge is 2.46. The van der Waals surface area contributed by atoms with Crippen molar-refractivity contribution in [1.29, 1.82) is 0 Å². The Bertz CT molecular complexity index is 1070. The number of anilines is 1. The molecule has 0 aromatic heterocycles. The van der Waals surface area contributed by atoms with Crippen LogP contribution in [0.4, 0.5) is 5.69 Å². The molecular weight excluding hydrogens is 426 g/mol. The van der Waals surface area contributed by atoms with Gasteiger partial charge in [0.15, 0.2) is 0 Å². The van der Waals surface area contributed by atoms with E-state index in [4.69, 9.17) is 19.3 Å². The molecule has 3 N–H and O–H groups in total. The van der Waals surface area contributed by atoms with Gasteiger partial charge in [-0.25, -0.2) is 8.42 Å². The van der Waals surface area contributed by atoms with E-state index < -0.39 is 34.3 Å². The second-order valence-electron chi connectivity index (χ2n) is 7.54. The predicted molar refractivity (Wildman–Crippen MR) is 110 cm³/mol. The summed E-state index contributed by atoms with van der Waals surface area (Å²) in [5.41, 5.74) is 1.12. The molecule has 0 unspecified atom stereocenters. The van der Waals surface area contributed by atoms with Gasteiger partial charge in [-0.15, -0.1) is 0 Å². The van der Waals surface area contributed by atoms with E-state index in [1.807, 2.05) is 0 Å². The standard InChI is InChI=1S/C21H23NO8S/c1-28-13-3-5-15(6-4-13)31(26,27)22-12-2-7-18-16(8-12)17-9-14(10-20(24)25)29-19(11-23)21(17)30-18/h2-8,14,17,19,21-23H,9-11H2,1H3,(H,24,25)/t14-,17+,19-,21-/m0/s1. The number of methoxy groups -OCH3 is 1. The van der Waals surface area contributed by atoms with Crippen LogP contribution >= 0.6 is 0 Å². The number of aliphatic hydroxyl groups is 1. The molecular formula is C21H23NO8S. The lowest BCUT2D eigenvalue weighted by Crippen LogP contribution is -2.46. The summed E-state index contributed by atoms with van der Waals surface area (Å²) in [7, 11) is -2.32. The lowest BCUT2D eigenvalue weighted by atomic mass is 9.84. The fourth-order valence-corrected chi connectivity index (χ4v) is 5.17. The van der Waals surface area contributed by atoms with Crippen LogP contribution in [0.25, 0.3) is 0 Å². The Kier molecular flexibility index (Phi) is 5.78. The van der Waals surface area contributed by atoms with Crippen LogP contribution in [0, 0.1) is 0 Å². The summed E-state index contributed by atoms with van der Waals surface area (Å²) in [5.74, 6) is -0.0788. The van der Waals surface area contributed by atoms with Gasteiger partial charge in [0, 0.05) is 17.2 Å².